The number of anilines is 1. The molecule has 2 aromatic rings. The zero-order valence-corrected chi connectivity index (χ0v) is 12.2. The van der Waals surface area contributed by atoms with Crippen LogP contribution in [0.4, 0.5) is 35.9 Å². The molecule has 0 heterocycles. The van der Waals surface area contributed by atoms with E-state index in [1.165, 1.54) is 24.3 Å². The van der Waals surface area contributed by atoms with Crippen molar-refractivity contribution in [3.8, 4) is 0 Å². The van der Waals surface area contributed by atoms with E-state index in [9.17, 15) is 28.1 Å². The molecular formula is C14H9F3N4O4. The molecular weight excluding hydrogens is 345 g/mol. The topological polar surface area (TPSA) is 131 Å². The number of aromatic carboxylic acids is 1. The fourth-order valence-electron chi connectivity index (χ4n) is 1.97. The summed E-state index contributed by atoms with van der Waals surface area (Å²) in [5.41, 5.74) is 0.815. The van der Waals surface area contributed by atoms with Crippen molar-refractivity contribution in [3.63, 3.8) is 0 Å². The number of nitrogens with two attached hydrogens (primary N) is 1. The van der Waals surface area contributed by atoms with E-state index in [4.69, 9.17) is 10.8 Å². The number of carbonyl (C=O) groups is 1. The lowest BCUT2D eigenvalue weighted by Crippen LogP contribution is -2.15. The van der Waals surface area contributed by atoms with Gasteiger partial charge in [0.25, 0.3) is 5.69 Å². The molecule has 2 rings (SSSR count). The van der Waals surface area contributed by atoms with Gasteiger partial charge in [0.1, 0.15) is 16.8 Å². The number of nitrogens with zero attached hydrogens (tertiary/aromatic N) is 3. The van der Waals surface area contributed by atoms with Crippen LogP contribution in [0.15, 0.2) is 46.6 Å². The third-order valence-electron chi connectivity index (χ3n) is 3.02. The summed E-state index contributed by atoms with van der Waals surface area (Å²) in [5.74, 6) is -2.01. The quantitative estimate of drug-likeness (QED) is 0.365. The molecule has 0 saturated heterocycles. The van der Waals surface area contributed by atoms with Crippen molar-refractivity contribution in [2.24, 2.45) is 10.2 Å². The number of rotatable bonds is 4. The normalized spacial score (nSPS) is 11.6. The Morgan fingerprint density at radius 3 is 2.20 bits per heavy atom. The van der Waals surface area contributed by atoms with Crippen molar-refractivity contribution < 1.29 is 28.0 Å². The van der Waals surface area contributed by atoms with Gasteiger partial charge in [-0.15, -0.1) is 5.11 Å². The van der Waals surface area contributed by atoms with Gasteiger partial charge in [0.2, 0.25) is 0 Å². The van der Waals surface area contributed by atoms with Crippen LogP contribution in [-0.4, -0.2) is 16.0 Å². The van der Waals surface area contributed by atoms with Gasteiger partial charge >= 0.3 is 12.1 Å². The third-order valence-corrected chi connectivity index (χ3v) is 3.02. The summed E-state index contributed by atoms with van der Waals surface area (Å²) < 4.78 is 39.5. The zero-order chi connectivity index (χ0) is 18.8. The first kappa shape index (κ1) is 17.8. The third kappa shape index (κ3) is 3.88. The fraction of sp³-hybridized carbons (Fsp3) is 0.0714. The van der Waals surface area contributed by atoms with Gasteiger partial charge in [-0.25, -0.2) is 4.79 Å². The molecule has 0 aromatic heterocycles. The molecule has 0 atom stereocenters. The summed E-state index contributed by atoms with van der Waals surface area (Å²) >= 11 is 0. The number of nitro groups is 1. The van der Waals surface area contributed by atoms with E-state index in [1.807, 2.05) is 0 Å². The van der Waals surface area contributed by atoms with E-state index < -0.39 is 39.6 Å². The van der Waals surface area contributed by atoms with Gasteiger partial charge in [-0.3, -0.25) is 10.1 Å². The fourth-order valence-corrected chi connectivity index (χ4v) is 1.97. The van der Waals surface area contributed by atoms with Gasteiger partial charge in [0, 0.05) is 11.8 Å². The number of carboxylic acid groups (broad SMARTS) is 1. The Bertz CT molecular complexity index is 864. The number of nitro benzene ring substituents is 1. The molecule has 0 aliphatic rings. The van der Waals surface area contributed by atoms with Crippen molar-refractivity contribution in [3.05, 3.63) is 57.6 Å². The number of nitrogen functional groups attached to an aromatic ring is 1. The monoisotopic (exact) mass is 354 g/mol. The Labute approximate surface area is 137 Å². The second-order valence-electron chi connectivity index (χ2n) is 4.71. The Morgan fingerprint density at radius 1 is 1.12 bits per heavy atom. The largest absolute Gasteiger partial charge is 0.478 e. The van der Waals surface area contributed by atoms with Gasteiger partial charge < -0.3 is 10.8 Å². The maximum Gasteiger partial charge on any atom is 0.423 e. The standard InChI is InChI=1S/C14H9F3N4O4/c15-14(16,17)12-10(21(24)25)6-5-9(11(12)13(22)23)20-19-8-3-1-7(18)2-4-8/h1-6H,18H2,(H,22,23)/b20-19+. The van der Waals surface area contributed by atoms with E-state index in [2.05, 4.69) is 10.2 Å². The van der Waals surface area contributed by atoms with Gasteiger partial charge in [-0.05, 0) is 30.3 Å². The minimum atomic E-state index is -5.26. The first-order chi connectivity index (χ1) is 11.6. The molecule has 0 spiro atoms. The molecule has 0 radical (unpaired) electrons. The van der Waals surface area contributed by atoms with Gasteiger partial charge in [-0.2, -0.15) is 18.3 Å². The van der Waals surface area contributed by atoms with Crippen LogP contribution in [0.5, 0.6) is 0 Å². The van der Waals surface area contributed by atoms with E-state index in [1.54, 1.807) is 0 Å². The van der Waals surface area contributed by atoms with Crippen LogP contribution in [0.1, 0.15) is 15.9 Å². The molecule has 0 bridgehead atoms. The summed E-state index contributed by atoms with van der Waals surface area (Å²) in [6.45, 7) is 0. The highest BCUT2D eigenvalue weighted by atomic mass is 19.4. The summed E-state index contributed by atoms with van der Waals surface area (Å²) in [5, 5.41) is 27.0. The number of alkyl halides is 3. The second-order valence-corrected chi connectivity index (χ2v) is 4.71. The highest BCUT2D eigenvalue weighted by Gasteiger charge is 2.44. The van der Waals surface area contributed by atoms with Crippen molar-refractivity contribution in [1.82, 2.24) is 0 Å². The van der Waals surface area contributed by atoms with Crippen LogP contribution in [0, 0.1) is 10.1 Å². The SMILES string of the molecule is Nc1ccc(/N=N/c2ccc([N+](=O)[O-])c(C(F)(F)F)c2C(=O)O)cc1. The van der Waals surface area contributed by atoms with Crippen LogP contribution in [0.3, 0.4) is 0 Å². The molecule has 25 heavy (non-hydrogen) atoms. The van der Waals surface area contributed by atoms with Gasteiger partial charge in [0.15, 0.2) is 0 Å². The predicted molar refractivity (Wildman–Crippen MR) is 80.1 cm³/mol. The highest BCUT2D eigenvalue weighted by molar-refractivity contribution is 5.96. The molecule has 0 amide bonds. The molecule has 0 aliphatic carbocycles. The highest BCUT2D eigenvalue weighted by Crippen LogP contribution is 2.42. The van der Waals surface area contributed by atoms with Crippen molar-refractivity contribution in [1.29, 1.82) is 0 Å². The minimum Gasteiger partial charge on any atom is -0.478 e. The number of benzene rings is 2. The van der Waals surface area contributed by atoms with E-state index in [-0.39, 0.29) is 5.69 Å². The van der Waals surface area contributed by atoms with Crippen molar-refractivity contribution in [2.75, 3.05) is 5.73 Å². The molecule has 0 unspecified atom stereocenters. The number of hydrogen-bond acceptors (Lipinski definition) is 6. The zero-order valence-electron chi connectivity index (χ0n) is 12.2. The van der Waals surface area contributed by atoms with Crippen LogP contribution >= 0.6 is 0 Å². The van der Waals surface area contributed by atoms with E-state index in [0.717, 1.165) is 6.07 Å². The number of halogens is 3. The predicted octanol–water partition coefficient (Wildman–Crippen LogP) is 4.31. The second kappa shape index (κ2) is 6.55. The maximum absolute atomic E-state index is 13.2. The van der Waals surface area contributed by atoms with Crippen molar-refractivity contribution >= 4 is 28.7 Å². The smallest absolute Gasteiger partial charge is 0.423 e. The van der Waals surface area contributed by atoms with E-state index >= 15 is 0 Å². The molecule has 8 nitrogen and oxygen atoms in total. The molecule has 0 aliphatic heterocycles. The Hall–Kier alpha value is -3.50. The summed E-state index contributed by atoms with van der Waals surface area (Å²) in [6, 6.07) is 7.07. The average molecular weight is 354 g/mol. The Morgan fingerprint density at radius 2 is 1.72 bits per heavy atom. The number of carboxylic acids is 1. The van der Waals surface area contributed by atoms with Gasteiger partial charge in [-0.1, -0.05) is 0 Å². The molecule has 11 heteroatoms. The Kier molecular flexibility index (Phi) is 4.68. The molecule has 0 saturated carbocycles. The molecule has 2 aromatic carbocycles. The minimum absolute atomic E-state index is 0.206. The first-order valence-electron chi connectivity index (χ1n) is 6.50. The molecule has 130 valence electrons. The van der Waals surface area contributed by atoms with Crippen LogP contribution < -0.4 is 5.73 Å². The van der Waals surface area contributed by atoms with Crippen LogP contribution in [0.2, 0.25) is 0 Å². The molecule has 3 N–H and O–H groups in total. The van der Waals surface area contributed by atoms with Gasteiger partial charge in [0.05, 0.1) is 10.6 Å². The summed E-state index contributed by atoms with van der Waals surface area (Å²) in [7, 11) is 0. The number of azo groups is 1. The Balaban J connectivity index is 2.64. The molecule has 0 fully saturated rings. The van der Waals surface area contributed by atoms with E-state index in [0.29, 0.717) is 11.8 Å². The maximum atomic E-state index is 13.2. The lowest BCUT2D eigenvalue weighted by molar-refractivity contribution is -0.388. The lowest BCUT2D eigenvalue weighted by atomic mass is 10.0. The van der Waals surface area contributed by atoms with Crippen molar-refractivity contribution in [2.45, 2.75) is 6.18 Å². The van der Waals surface area contributed by atoms with Crippen LogP contribution in [-0.2, 0) is 6.18 Å². The lowest BCUT2D eigenvalue weighted by Gasteiger charge is -2.12. The average Bonchev–Trinajstić information content (AvgIpc) is 2.52. The summed E-state index contributed by atoms with van der Waals surface area (Å²) in [4.78, 5) is 20.8. The first-order valence-corrected chi connectivity index (χ1v) is 6.50. The summed E-state index contributed by atoms with van der Waals surface area (Å²) in [6.07, 6.45) is -5.26. The number of hydrogen-bond donors (Lipinski definition) is 2. The van der Waals surface area contributed by atoms with Crippen LogP contribution in [0.25, 0.3) is 0 Å².